The zero-order chi connectivity index (χ0) is 12.7. The summed E-state index contributed by atoms with van der Waals surface area (Å²) >= 11 is 0. The molecule has 0 N–H and O–H groups in total. The maximum Gasteiger partial charge on any atom is 0 e. The van der Waals surface area contributed by atoms with Crippen LogP contribution in [0.3, 0.4) is 0 Å². The average Bonchev–Trinajstić information content (AvgIpc) is 3.08. The summed E-state index contributed by atoms with van der Waals surface area (Å²) in [6.07, 6.45) is 32.0. The quantitative estimate of drug-likeness (QED) is 0.489. The standard InChI is InChI=1S/C8H14.2C5H6.Co/c1-2-4-6-8-7-5-3-1;2*1-2-4-5-3-1;/h1-2H,3-8H2;2*1-4H,5H2;. The van der Waals surface area contributed by atoms with Crippen molar-refractivity contribution in [1.82, 2.24) is 0 Å². The molecule has 3 rings (SSSR count). The van der Waals surface area contributed by atoms with E-state index in [0.717, 1.165) is 12.8 Å². The Morgan fingerprint density at radius 3 is 1.05 bits per heavy atom. The molecule has 0 fully saturated rings. The second-order valence-corrected chi connectivity index (χ2v) is 4.65. The molecule has 0 aromatic heterocycles. The van der Waals surface area contributed by atoms with Crippen molar-refractivity contribution in [2.75, 3.05) is 0 Å². The molecule has 0 aromatic rings. The van der Waals surface area contributed by atoms with Crippen LogP contribution in [0.15, 0.2) is 60.8 Å². The van der Waals surface area contributed by atoms with E-state index < -0.39 is 0 Å². The molecule has 0 bridgehead atoms. The molecule has 1 heteroatoms. The van der Waals surface area contributed by atoms with Crippen LogP contribution in [-0.2, 0) is 16.8 Å². The van der Waals surface area contributed by atoms with Crippen molar-refractivity contribution in [3.63, 3.8) is 0 Å². The molecule has 3 aliphatic rings. The zero-order valence-electron chi connectivity index (χ0n) is 11.8. The summed E-state index contributed by atoms with van der Waals surface area (Å²) < 4.78 is 0. The molecule has 0 saturated carbocycles. The van der Waals surface area contributed by atoms with Gasteiger partial charge in [-0.1, -0.05) is 73.6 Å². The third-order valence-corrected chi connectivity index (χ3v) is 2.97. The molecular weight excluding hydrogens is 275 g/mol. The van der Waals surface area contributed by atoms with E-state index in [1.54, 1.807) is 0 Å². The Kier molecular flexibility index (Phi) is 14.6. The van der Waals surface area contributed by atoms with Crippen LogP contribution in [0.5, 0.6) is 0 Å². The van der Waals surface area contributed by atoms with Crippen LogP contribution < -0.4 is 0 Å². The summed E-state index contributed by atoms with van der Waals surface area (Å²) in [6.45, 7) is 0. The van der Waals surface area contributed by atoms with Gasteiger partial charge in [0.1, 0.15) is 0 Å². The van der Waals surface area contributed by atoms with Crippen molar-refractivity contribution < 1.29 is 16.8 Å². The van der Waals surface area contributed by atoms with Gasteiger partial charge in [0.2, 0.25) is 0 Å². The molecule has 107 valence electrons. The maximum absolute atomic E-state index is 2.32. The average molecular weight is 301 g/mol. The summed E-state index contributed by atoms with van der Waals surface area (Å²) in [4.78, 5) is 0. The Balaban J connectivity index is 0.000000259. The van der Waals surface area contributed by atoms with Gasteiger partial charge in [-0.15, -0.1) is 0 Å². The minimum atomic E-state index is 0. The van der Waals surface area contributed by atoms with Crippen molar-refractivity contribution in [3.8, 4) is 0 Å². The molecule has 0 nitrogen and oxygen atoms in total. The summed E-state index contributed by atoms with van der Waals surface area (Å²) in [5, 5.41) is 0. The molecule has 0 unspecified atom stereocenters. The number of rotatable bonds is 0. The van der Waals surface area contributed by atoms with Crippen LogP contribution in [0.2, 0.25) is 0 Å². The molecule has 0 heterocycles. The molecule has 0 atom stereocenters. The minimum Gasteiger partial charge on any atom is -0.0885 e. The third-order valence-electron chi connectivity index (χ3n) is 2.97. The fraction of sp³-hybridized carbons (Fsp3) is 0.444. The Morgan fingerprint density at radius 2 is 0.789 bits per heavy atom. The molecule has 1 radical (unpaired) electrons. The SMILES string of the molecule is C1=CCC=C1.C1=CCC=C1.C1=CCCCCCC1.[Co]. The van der Waals surface area contributed by atoms with Gasteiger partial charge in [0, 0.05) is 16.8 Å². The van der Waals surface area contributed by atoms with Gasteiger partial charge in [0.25, 0.3) is 0 Å². The molecule has 0 amide bonds. The van der Waals surface area contributed by atoms with E-state index in [4.69, 9.17) is 0 Å². The largest absolute Gasteiger partial charge is 0.0885 e. The molecule has 0 spiro atoms. The first-order chi connectivity index (χ1) is 9.00. The number of hydrogen-bond acceptors (Lipinski definition) is 0. The van der Waals surface area contributed by atoms with Gasteiger partial charge < -0.3 is 0 Å². The van der Waals surface area contributed by atoms with Gasteiger partial charge in [0.15, 0.2) is 0 Å². The van der Waals surface area contributed by atoms with E-state index in [1.165, 1.54) is 38.5 Å². The van der Waals surface area contributed by atoms with Gasteiger partial charge in [0.05, 0.1) is 0 Å². The smallest absolute Gasteiger partial charge is 0 e. The molecular formula is C18H26Co. The van der Waals surface area contributed by atoms with Gasteiger partial charge in [-0.3, -0.25) is 0 Å². The van der Waals surface area contributed by atoms with Gasteiger partial charge in [-0.05, 0) is 38.5 Å². The van der Waals surface area contributed by atoms with E-state index in [0.29, 0.717) is 0 Å². The molecule has 3 aliphatic carbocycles. The fourth-order valence-electron chi connectivity index (χ4n) is 1.90. The van der Waals surface area contributed by atoms with Crippen LogP contribution in [0.25, 0.3) is 0 Å². The van der Waals surface area contributed by atoms with Gasteiger partial charge >= 0.3 is 0 Å². The monoisotopic (exact) mass is 301 g/mol. The van der Waals surface area contributed by atoms with Crippen molar-refractivity contribution in [1.29, 1.82) is 0 Å². The van der Waals surface area contributed by atoms with E-state index >= 15 is 0 Å². The second-order valence-electron chi connectivity index (χ2n) is 4.65. The van der Waals surface area contributed by atoms with Crippen LogP contribution in [0.1, 0.15) is 51.4 Å². The summed E-state index contributed by atoms with van der Waals surface area (Å²) in [5.74, 6) is 0. The van der Waals surface area contributed by atoms with Crippen molar-refractivity contribution in [3.05, 3.63) is 60.8 Å². The second kappa shape index (κ2) is 15.3. The Hall–Kier alpha value is -0.794. The zero-order valence-corrected chi connectivity index (χ0v) is 12.8. The van der Waals surface area contributed by atoms with E-state index in [-0.39, 0.29) is 16.8 Å². The van der Waals surface area contributed by atoms with E-state index in [1.807, 2.05) is 0 Å². The topological polar surface area (TPSA) is 0 Å². The summed E-state index contributed by atoms with van der Waals surface area (Å²) in [7, 11) is 0. The first kappa shape index (κ1) is 18.2. The molecule has 0 saturated heterocycles. The molecule has 0 aliphatic heterocycles. The predicted molar refractivity (Wildman–Crippen MR) is 82.6 cm³/mol. The Morgan fingerprint density at radius 1 is 0.421 bits per heavy atom. The summed E-state index contributed by atoms with van der Waals surface area (Å²) in [6, 6.07) is 0. The van der Waals surface area contributed by atoms with E-state index in [9.17, 15) is 0 Å². The van der Waals surface area contributed by atoms with E-state index in [2.05, 4.69) is 60.8 Å². The third kappa shape index (κ3) is 13.4. The Bertz CT molecular complexity index is 267. The minimum absolute atomic E-state index is 0. The van der Waals surface area contributed by atoms with Crippen LogP contribution in [-0.4, -0.2) is 0 Å². The first-order valence-electron chi connectivity index (χ1n) is 7.28. The first-order valence-corrected chi connectivity index (χ1v) is 7.28. The van der Waals surface area contributed by atoms with Crippen LogP contribution >= 0.6 is 0 Å². The van der Waals surface area contributed by atoms with Crippen LogP contribution in [0.4, 0.5) is 0 Å². The summed E-state index contributed by atoms with van der Waals surface area (Å²) in [5.41, 5.74) is 0. The predicted octanol–water partition coefficient (Wildman–Crippen LogP) is 5.90. The van der Waals surface area contributed by atoms with Crippen LogP contribution in [0, 0.1) is 0 Å². The van der Waals surface area contributed by atoms with Crippen molar-refractivity contribution >= 4 is 0 Å². The maximum atomic E-state index is 2.32. The number of hydrogen-bond donors (Lipinski definition) is 0. The van der Waals surface area contributed by atoms with Crippen molar-refractivity contribution in [2.24, 2.45) is 0 Å². The van der Waals surface area contributed by atoms with Crippen molar-refractivity contribution in [2.45, 2.75) is 51.4 Å². The molecule has 0 aromatic carbocycles. The number of allylic oxidation sites excluding steroid dienone is 10. The van der Waals surface area contributed by atoms with Gasteiger partial charge in [-0.25, -0.2) is 0 Å². The Labute approximate surface area is 129 Å². The fourth-order valence-corrected chi connectivity index (χ4v) is 1.90. The van der Waals surface area contributed by atoms with Gasteiger partial charge in [-0.2, -0.15) is 0 Å². The normalized spacial score (nSPS) is 18.5. The molecule has 19 heavy (non-hydrogen) atoms.